The number of phenols is 1. The van der Waals surface area contributed by atoms with Crippen molar-refractivity contribution in [1.82, 2.24) is 52.5 Å². The predicted molar refractivity (Wildman–Crippen MR) is 310 cm³/mol. The Morgan fingerprint density at radius 1 is 0.723 bits per heavy atom. The number of nitrogens with one attached hydrogen (secondary N) is 10. The van der Waals surface area contributed by atoms with Crippen LogP contribution in [-0.2, 0) is 57.6 Å². The van der Waals surface area contributed by atoms with Crippen molar-refractivity contribution in [2.45, 2.75) is 113 Å². The highest BCUT2D eigenvalue weighted by molar-refractivity contribution is 8.76. The van der Waals surface area contributed by atoms with Gasteiger partial charge < -0.3 is 79.1 Å². The largest absolute Gasteiger partial charge is 0.508 e. The van der Waals surface area contributed by atoms with E-state index in [1.807, 2.05) is 0 Å². The smallest absolute Gasteiger partial charge is 0.328 e. The van der Waals surface area contributed by atoms with Gasteiger partial charge >= 0.3 is 5.97 Å². The van der Waals surface area contributed by atoms with Crippen LogP contribution in [0.1, 0.15) is 60.2 Å². The Balaban J connectivity index is 1.43. The summed E-state index contributed by atoms with van der Waals surface area (Å²) in [4.78, 5) is 135. The Morgan fingerprint density at radius 2 is 1.37 bits per heavy atom. The molecule has 10 atom stereocenters. The van der Waals surface area contributed by atoms with Gasteiger partial charge in [-0.05, 0) is 86.7 Å². The van der Waals surface area contributed by atoms with Crippen LogP contribution < -0.4 is 59.5 Å². The molecular weight excluding hydrogens is 1110 g/mol. The standard InChI is InChI=1S/C55H69N13O13S2/c1-29(69)45-54(79)65-43(53(78)67-46(30(2)70)55(80)81)28-83-82-27-42(64-50(75)39(22-31-10-4-3-5-11-31)61-47(72)33-17-20-44(68-57)59-25-33)52(77)62-40(23-32-15-18-35(71)19-16-32)49(74)63-41(24-34-26-58-37-13-7-6-12-36(34)37)51(76)60-38(48(73)66-45)14-8-9-21-56/h3-7,10-13,15-20,25-26,29-30,38-43,45-46,58,69-71H,8-9,14,21-24,27-28,56-57H2,1-2H3,(H,59,68)(H,60,76)(H,61,72)(H,62,77)(H,63,74)(H,64,75)(H,65,79)(H,66,73)(H,67,78)(H,80,81)/t29-,30-,38-,39+,40?,41+,42-,43?,45?,46-/m0/s1. The number of aromatic amines is 1. The number of anilines is 1. The Labute approximate surface area is 485 Å². The number of carbonyl (C=O) groups is 9. The fourth-order valence-electron chi connectivity index (χ4n) is 8.73. The molecule has 0 saturated carbocycles. The summed E-state index contributed by atoms with van der Waals surface area (Å²) >= 11 is 0. The summed E-state index contributed by atoms with van der Waals surface area (Å²) in [6, 6.07) is 11.8. The molecule has 1 aliphatic heterocycles. The number of aliphatic hydroxyl groups is 2. The number of nitrogens with two attached hydrogens (primary N) is 2. The van der Waals surface area contributed by atoms with E-state index < -0.39 is 120 Å². The van der Waals surface area contributed by atoms with E-state index in [1.165, 1.54) is 49.5 Å². The molecule has 18 N–H and O–H groups in total. The number of fused-ring (bicyclic) bond motifs is 1. The third kappa shape index (κ3) is 18.9. The summed E-state index contributed by atoms with van der Waals surface area (Å²) in [7, 11) is 1.75. The summed E-state index contributed by atoms with van der Waals surface area (Å²) < 4.78 is 0. The highest BCUT2D eigenvalue weighted by Gasteiger charge is 2.37. The molecule has 8 amide bonds. The molecule has 3 heterocycles. The monoisotopic (exact) mass is 1180 g/mol. The number of pyridine rings is 1. The third-order valence-electron chi connectivity index (χ3n) is 13.3. The van der Waals surface area contributed by atoms with Crippen LogP contribution in [0.2, 0.25) is 0 Å². The number of aromatic hydroxyl groups is 1. The number of nitrogen functional groups attached to an aromatic ring is 1. The second-order valence-electron chi connectivity index (χ2n) is 19.7. The van der Waals surface area contributed by atoms with E-state index in [9.17, 15) is 63.6 Å². The van der Waals surface area contributed by atoms with E-state index in [2.05, 4.69) is 57.9 Å². The minimum Gasteiger partial charge on any atom is -0.508 e. The molecule has 1 aliphatic rings. The fourth-order valence-corrected chi connectivity index (χ4v) is 11.1. The molecule has 0 aliphatic carbocycles. The van der Waals surface area contributed by atoms with Crippen LogP contribution in [0.4, 0.5) is 5.82 Å². The summed E-state index contributed by atoms with van der Waals surface area (Å²) in [5.41, 5.74) is 10.5. The van der Waals surface area contributed by atoms with Crippen LogP contribution >= 0.6 is 21.6 Å². The number of aliphatic carboxylic acids is 1. The molecule has 1 fully saturated rings. The molecule has 5 aromatic rings. The number of rotatable bonds is 20. The molecule has 1 saturated heterocycles. The average Bonchev–Trinajstić information content (AvgIpc) is 4.10. The number of hydrogen-bond donors (Lipinski definition) is 16. The van der Waals surface area contributed by atoms with Crippen molar-refractivity contribution in [2.24, 2.45) is 11.6 Å². The molecule has 444 valence electrons. The molecule has 26 nitrogen and oxygen atoms in total. The number of unbranched alkanes of at least 4 members (excludes halogenated alkanes) is 1. The first-order chi connectivity index (χ1) is 39.7. The SMILES string of the molecule is C[C@H](O)C1NC(=O)[C@H](CCCCN)NC(=O)[C@@H](Cc2c[nH]c3ccccc23)NC(=O)C(Cc2ccc(O)cc2)NC(=O)[C@@H](NC(=O)[C@@H](Cc2ccccc2)NC(=O)c2ccc(NN)nc2)CSSCC(C(=O)N[C@H](C(=O)O)[C@H](C)O)NC1=O. The van der Waals surface area contributed by atoms with Crippen molar-refractivity contribution in [2.75, 3.05) is 23.5 Å². The number of hydrazine groups is 1. The van der Waals surface area contributed by atoms with E-state index in [4.69, 9.17) is 11.6 Å². The minimum absolute atomic E-state index is 0.0508. The number of benzene rings is 3. The second kappa shape index (κ2) is 31.2. The number of hydrogen-bond acceptors (Lipinski definition) is 18. The quantitative estimate of drug-likeness (QED) is 0.0195. The maximum atomic E-state index is 15.0. The van der Waals surface area contributed by atoms with Gasteiger partial charge in [-0.15, -0.1) is 0 Å². The van der Waals surface area contributed by atoms with Crippen molar-refractivity contribution >= 4 is 91.5 Å². The second-order valence-corrected chi connectivity index (χ2v) is 22.2. The van der Waals surface area contributed by atoms with Gasteiger partial charge in [-0.3, -0.25) is 38.4 Å². The number of carbonyl (C=O) groups excluding carboxylic acids is 8. The van der Waals surface area contributed by atoms with Crippen molar-refractivity contribution < 1.29 is 63.6 Å². The summed E-state index contributed by atoms with van der Waals surface area (Å²) in [5, 5.41) is 62.8. The lowest BCUT2D eigenvalue weighted by Gasteiger charge is -2.29. The van der Waals surface area contributed by atoms with E-state index in [0.717, 1.165) is 28.5 Å². The van der Waals surface area contributed by atoms with Gasteiger partial charge in [0, 0.05) is 54.1 Å². The van der Waals surface area contributed by atoms with Crippen molar-refractivity contribution in [3.63, 3.8) is 0 Å². The molecule has 3 unspecified atom stereocenters. The number of H-pyrrole nitrogens is 1. The number of para-hydroxylation sites is 1. The number of phenolic OH excluding ortho intramolecular Hbond substituents is 1. The summed E-state index contributed by atoms with van der Waals surface area (Å²) in [6.45, 7) is 2.51. The Hall–Kier alpha value is -8.28. The van der Waals surface area contributed by atoms with Crippen LogP contribution in [0.3, 0.4) is 0 Å². The average molecular weight is 1180 g/mol. The molecule has 3 aromatic carbocycles. The number of carboxylic acid groups (broad SMARTS) is 1. The first kappa shape index (κ1) is 63.9. The van der Waals surface area contributed by atoms with Gasteiger partial charge in [0.05, 0.1) is 17.8 Å². The molecule has 2 aromatic heterocycles. The number of amides is 8. The predicted octanol–water partition coefficient (Wildman–Crippen LogP) is -0.856. The van der Waals surface area contributed by atoms with Crippen LogP contribution in [-0.4, -0.2) is 162 Å². The molecule has 28 heteroatoms. The van der Waals surface area contributed by atoms with Crippen molar-refractivity contribution in [3.05, 3.63) is 126 Å². The summed E-state index contributed by atoms with van der Waals surface area (Å²) in [5.74, 6) is -4.22. The van der Waals surface area contributed by atoms with Crippen LogP contribution in [0, 0.1) is 0 Å². The number of nitrogens with zero attached hydrogens (tertiary/aromatic N) is 1. The lowest BCUT2D eigenvalue weighted by Crippen LogP contribution is -2.62. The Kier molecular flexibility index (Phi) is 24.0. The Bertz CT molecular complexity index is 3050. The lowest BCUT2D eigenvalue weighted by atomic mass is 10.0. The van der Waals surface area contributed by atoms with Crippen LogP contribution in [0.5, 0.6) is 5.75 Å². The van der Waals surface area contributed by atoms with E-state index in [1.54, 1.807) is 60.8 Å². The molecule has 0 bridgehead atoms. The van der Waals surface area contributed by atoms with Gasteiger partial charge in [-0.2, -0.15) is 0 Å². The number of aromatic nitrogens is 2. The normalized spacial score (nSPS) is 21.0. The van der Waals surface area contributed by atoms with E-state index in [0.29, 0.717) is 34.0 Å². The lowest BCUT2D eigenvalue weighted by molar-refractivity contribution is -0.145. The zero-order chi connectivity index (χ0) is 60.2. The molecule has 6 rings (SSSR count). The fraction of sp³-hybridized carbons (Fsp3) is 0.382. The van der Waals surface area contributed by atoms with Crippen LogP contribution in [0.25, 0.3) is 10.9 Å². The van der Waals surface area contributed by atoms with Crippen LogP contribution in [0.15, 0.2) is 103 Å². The Morgan fingerprint density at radius 3 is 2.02 bits per heavy atom. The highest BCUT2D eigenvalue weighted by Crippen LogP contribution is 2.25. The number of carboxylic acids is 1. The van der Waals surface area contributed by atoms with Gasteiger partial charge in [0.1, 0.15) is 53.9 Å². The zero-order valence-corrected chi connectivity index (χ0v) is 47.0. The first-order valence-electron chi connectivity index (χ1n) is 26.5. The third-order valence-corrected chi connectivity index (χ3v) is 15.7. The highest BCUT2D eigenvalue weighted by atomic mass is 33.1. The molecular formula is C55H69N13O13S2. The van der Waals surface area contributed by atoms with Gasteiger partial charge in [0.25, 0.3) is 5.91 Å². The van der Waals surface area contributed by atoms with Gasteiger partial charge in [-0.1, -0.05) is 82.3 Å². The molecule has 0 spiro atoms. The maximum Gasteiger partial charge on any atom is 0.328 e. The topological polar surface area (TPSA) is 424 Å². The molecule has 83 heavy (non-hydrogen) atoms. The summed E-state index contributed by atoms with van der Waals surface area (Å²) in [6.07, 6.45) is -0.264. The minimum atomic E-state index is -1.86. The first-order valence-corrected chi connectivity index (χ1v) is 29.0. The zero-order valence-electron chi connectivity index (χ0n) is 45.3. The van der Waals surface area contributed by atoms with E-state index >= 15 is 0 Å². The van der Waals surface area contributed by atoms with Crippen molar-refractivity contribution in [1.29, 1.82) is 0 Å². The van der Waals surface area contributed by atoms with Gasteiger partial charge in [0.15, 0.2) is 6.04 Å². The van der Waals surface area contributed by atoms with Gasteiger partial charge in [0.2, 0.25) is 41.4 Å². The van der Waals surface area contributed by atoms with Gasteiger partial charge in [-0.25, -0.2) is 15.6 Å². The maximum absolute atomic E-state index is 15.0. The van der Waals surface area contributed by atoms with E-state index in [-0.39, 0.29) is 61.5 Å². The number of aliphatic hydroxyl groups excluding tert-OH is 2. The molecule has 0 radical (unpaired) electrons. The van der Waals surface area contributed by atoms with Crippen molar-refractivity contribution in [3.8, 4) is 5.75 Å².